The molecule has 0 bridgehead atoms. The Balaban J connectivity index is 2.25. The number of nitrogens with one attached hydrogen (secondary N) is 1. The van der Waals surface area contributed by atoms with Crippen LogP contribution in [0.1, 0.15) is 30.0 Å². The van der Waals surface area contributed by atoms with Gasteiger partial charge in [0.15, 0.2) is 0 Å². The number of carbonyl (C=O) groups is 1. The van der Waals surface area contributed by atoms with Gasteiger partial charge in [-0.15, -0.1) is 0 Å². The molecule has 0 aliphatic heterocycles. The molecule has 1 aromatic carbocycles. The summed E-state index contributed by atoms with van der Waals surface area (Å²) in [6.45, 7) is 6.62. The fourth-order valence-corrected chi connectivity index (χ4v) is 1.95. The topological polar surface area (TPSA) is 60.7 Å². The van der Waals surface area contributed by atoms with E-state index in [2.05, 4.69) is 5.32 Å². The van der Waals surface area contributed by atoms with E-state index in [4.69, 9.17) is 13.9 Å². The lowest BCUT2D eigenvalue weighted by Crippen LogP contribution is -2.13. The normalized spacial score (nSPS) is 10.2. The summed E-state index contributed by atoms with van der Waals surface area (Å²) in [5.41, 5.74) is 1.08. The second-order valence-electron chi connectivity index (χ2n) is 4.37. The largest absolute Gasteiger partial charge is 0.494 e. The number of anilines is 1. The van der Waals surface area contributed by atoms with E-state index in [1.807, 2.05) is 19.9 Å². The second-order valence-corrected chi connectivity index (χ2v) is 4.37. The molecule has 1 heterocycles. The Morgan fingerprint density at radius 2 is 1.95 bits per heavy atom. The summed E-state index contributed by atoms with van der Waals surface area (Å²) in [6.07, 6.45) is 1.49. The summed E-state index contributed by atoms with van der Waals surface area (Å²) in [5.74, 6) is 1.62. The summed E-state index contributed by atoms with van der Waals surface area (Å²) < 4.78 is 16.1. The highest BCUT2D eigenvalue weighted by molar-refractivity contribution is 6.05. The molecular formula is C16H19NO4. The number of hydrogen-bond acceptors (Lipinski definition) is 4. The van der Waals surface area contributed by atoms with E-state index in [-0.39, 0.29) is 5.91 Å². The third-order valence-electron chi connectivity index (χ3n) is 2.91. The van der Waals surface area contributed by atoms with Crippen molar-refractivity contribution in [3.8, 4) is 11.5 Å². The summed E-state index contributed by atoms with van der Waals surface area (Å²) in [5, 5.41) is 2.83. The molecule has 21 heavy (non-hydrogen) atoms. The first kappa shape index (κ1) is 15.0. The Hall–Kier alpha value is -2.43. The van der Waals surface area contributed by atoms with Gasteiger partial charge in [-0.2, -0.15) is 0 Å². The van der Waals surface area contributed by atoms with E-state index in [0.29, 0.717) is 41.7 Å². The highest BCUT2D eigenvalue weighted by atomic mass is 16.5. The number of furan rings is 1. The van der Waals surface area contributed by atoms with Gasteiger partial charge in [0, 0.05) is 6.07 Å². The van der Waals surface area contributed by atoms with Crippen LogP contribution in [-0.4, -0.2) is 19.1 Å². The molecule has 0 saturated heterocycles. The third-order valence-corrected chi connectivity index (χ3v) is 2.91. The number of amides is 1. The molecule has 0 radical (unpaired) electrons. The van der Waals surface area contributed by atoms with Crippen LogP contribution in [0.25, 0.3) is 0 Å². The minimum atomic E-state index is -0.240. The molecule has 0 atom stereocenters. The molecule has 0 saturated carbocycles. The number of aryl methyl sites for hydroxylation is 1. The van der Waals surface area contributed by atoms with Crippen LogP contribution in [0.2, 0.25) is 0 Å². The summed E-state index contributed by atoms with van der Waals surface area (Å²) >= 11 is 0. The van der Waals surface area contributed by atoms with Crippen LogP contribution in [0.3, 0.4) is 0 Å². The highest BCUT2D eigenvalue weighted by Crippen LogP contribution is 2.30. The molecule has 112 valence electrons. The Bertz CT molecular complexity index is 618. The van der Waals surface area contributed by atoms with E-state index >= 15 is 0 Å². The van der Waals surface area contributed by atoms with Crippen LogP contribution in [0.4, 0.5) is 5.69 Å². The first-order valence-corrected chi connectivity index (χ1v) is 6.90. The zero-order valence-corrected chi connectivity index (χ0v) is 12.4. The number of ether oxygens (including phenoxy) is 2. The van der Waals surface area contributed by atoms with Gasteiger partial charge < -0.3 is 19.2 Å². The quantitative estimate of drug-likeness (QED) is 0.882. The Labute approximate surface area is 123 Å². The lowest BCUT2D eigenvalue weighted by Gasteiger charge is -2.13. The summed E-state index contributed by atoms with van der Waals surface area (Å²) in [4.78, 5) is 12.3. The zero-order valence-electron chi connectivity index (χ0n) is 12.4. The van der Waals surface area contributed by atoms with E-state index in [0.717, 1.165) is 0 Å². The lowest BCUT2D eigenvalue weighted by atomic mass is 10.2. The van der Waals surface area contributed by atoms with Crippen molar-refractivity contribution in [2.24, 2.45) is 0 Å². The molecule has 1 aromatic heterocycles. The minimum absolute atomic E-state index is 0.240. The van der Waals surface area contributed by atoms with Gasteiger partial charge in [-0.25, -0.2) is 0 Å². The Morgan fingerprint density at radius 1 is 1.19 bits per heavy atom. The maximum Gasteiger partial charge on any atom is 0.259 e. The maximum absolute atomic E-state index is 12.3. The van der Waals surface area contributed by atoms with Crippen molar-refractivity contribution < 1.29 is 18.7 Å². The van der Waals surface area contributed by atoms with Crippen LogP contribution in [0.15, 0.2) is 34.9 Å². The number of hydrogen-bond donors (Lipinski definition) is 1. The van der Waals surface area contributed by atoms with Gasteiger partial charge in [-0.1, -0.05) is 0 Å². The molecule has 1 N–H and O–H groups in total. The minimum Gasteiger partial charge on any atom is -0.494 e. The highest BCUT2D eigenvalue weighted by Gasteiger charge is 2.14. The first-order valence-electron chi connectivity index (χ1n) is 6.90. The molecule has 5 nitrogen and oxygen atoms in total. The van der Waals surface area contributed by atoms with Crippen LogP contribution in [0.5, 0.6) is 11.5 Å². The third kappa shape index (κ3) is 3.56. The van der Waals surface area contributed by atoms with E-state index in [9.17, 15) is 4.79 Å². The van der Waals surface area contributed by atoms with E-state index < -0.39 is 0 Å². The van der Waals surface area contributed by atoms with Gasteiger partial charge in [0.2, 0.25) is 0 Å². The second kappa shape index (κ2) is 6.83. The van der Waals surface area contributed by atoms with Gasteiger partial charge in [-0.05, 0) is 39.0 Å². The molecule has 0 fully saturated rings. The molecule has 2 aromatic rings. The standard InChI is InChI=1S/C16H19NO4/c1-4-19-12-6-7-15(20-5-2)14(10-12)17-16(18)13-8-9-21-11(13)3/h6-10H,4-5H2,1-3H3,(H,17,18). The average molecular weight is 289 g/mol. The number of benzene rings is 1. The fraction of sp³-hybridized carbons (Fsp3) is 0.312. The van der Waals surface area contributed by atoms with Crippen LogP contribution < -0.4 is 14.8 Å². The summed E-state index contributed by atoms with van der Waals surface area (Å²) in [6, 6.07) is 6.98. The molecule has 0 spiro atoms. The van der Waals surface area contributed by atoms with Crippen LogP contribution >= 0.6 is 0 Å². The molecular weight excluding hydrogens is 270 g/mol. The van der Waals surface area contributed by atoms with Crippen molar-refractivity contribution in [1.82, 2.24) is 0 Å². The Kier molecular flexibility index (Phi) is 4.87. The number of rotatable bonds is 6. The lowest BCUT2D eigenvalue weighted by molar-refractivity contribution is 0.102. The van der Waals surface area contributed by atoms with Gasteiger partial charge in [-0.3, -0.25) is 4.79 Å². The van der Waals surface area contributed by atoms with Gasteiger partial charge in [0.25, 0.3) is 5.91 Å². The molecule has 5 heteroatoms. The van der Waals surface area contributed by atoms with E-state index in [1.165, 1.54) is 6.26 Å². The van der Waals surface area contributed by atoms with E-state index in [1.54, 1.807) is 25.1 Å². The zero-order chi connectivity index (χ0) is 15.2. The monoisotopic (exact) mass is 289 g/mol. The average Bonchev–Trinajstić information content (AvgIpc) is 2.88. The maximum atomic E-state index is 12.3. The molecule has 0 unspecified atom stereocenters. The smallest absolute Gasteiger partial charge is 0.259 e. The van der Waals surface area contributed by atoms with Crippen molar-refractivity contribution in [3.63, 3.8) is 0 Å². The van der Waals surface area contributed by atoms with Gasteiger partial charge in [0.05, 0.1) is 30.7 Å². The molecule has 1 amide bonds. The molecule has 0 aliphatic carbocycles. The van der Waals surface area contributed by atoms with Crippen molar-refractivity contribution >= 4 is 11.6 Å². The van der Waals surface area contributed by atoms with Crippen LogP contribution in [-0.2, 0) is 0 Å². The Morgan fingerprint density at radius 3 is 2.57 bits per heavy atom. The van der Waals surface area contributed by atoms with Gasteiger partial charge in [0.1, 0.15) is 17.3 Å². The number of carbonyl (C=O) groups excluding carboxylic acids is 1. The molecule has 2 rings (SSSR count). The van der Waals surface area contributed by atoms with Crippen LogP contribution in [0, 0.1) is 6.92 Å². The van der Waals surface area contributed by atoms with Crippen molar-refractivity contribution in [2.45, 2.75) is 20.8 Å². The predicted molar refractivity (Wildman–Crippen MR) is 80.2 cm³/mol. The summed E-state index contributed by atoms with van der Waals surface area (Å²) in [7, 11) is 0. The van der Waals surface area contributed by atoms with Crippen molar-refractivity contribution in [3.05, 3.63) is 41.9 Å². The fourth-order valence-electron chi connectivity index (χ4n) is 1.95. The van der Waals surface area contributed by atoms with Crippen molar-refractivity contribution in [1.29, 1.82) is 0 Å². The van der Waals surface area contributed by atoms with Crippen molar-refractivity contribution in [2.75, 3.05) is 18.5 Å². The SMILES string of the molecule is CCOc1ccc(OCC)c(NC(=O)c2ccoc2C)c1. The molecule has 0 aliphatic rings. The van der Waals surface area contributed by atoms with Gasteiger partial charge >= 0.3 is 0 Å². The first-order chi connectivity index (χ1) is 10.2. The predicted octanol–water partition coefficient (Wildman–Crippen LogP) is 3.64.